The first-order chi connectivity index (χ1) is 11.8. The zero-order chi connectivity index (χ0) is 18.4. The van der Waals surface area contributed by atoms with Gasteiger partial charge in [-0.15, -0.1) is 0 Å². The topological polar surface area (TPSA) is 80.0 Å². The van der Waals surface area contributed by atoms with Gasteiger partial charge in [-0.05, 0) is 30.0 Å². The van der Waals surface area contributed by atoms with Crippen molar-refractivity contribution in [2.45, 2.75) is 40.7 Å². The number of nitrogens with zero attached hydrogens (tertiary/aromatic N) is 2. The van der Waals surface area contributed by atoms with E-state index in [1.807, 2.05) is 19.9 Å². The van der Waals surface area contributed by atoms with Gasteiger partial charge >= 0.3 is 0 Å². The number of hydrogen-bond donors (Lipinski definition) is 2. The average molecular weight is 365 g/mol. The van der Waals surface area contributed by atoms with E-state index in [0.29, 0.717) is 47.2 Å². The lowest BCUT2D eigenvalue weighted by atomic mass is 10.1. The first-order valence-corrected chi connectivity index (χ1v) is 8.86. The zero-order valence-corrected chi connectivity index (χ0v) is 15.9. The average Bonchev–Trinajstić information content (AvgIpc) is 2.97. The molecule has 0 spiro atoms. The van der Waals surface area contributed by atoms with Gasteiger partial charge in [0.25, 0.3) is 5.91 Å². The lowest BCUT2D eigenvalue weighted by Gasteiger charge is -2.10. The molecule has 1 amide bonds. The Hall–Kier alpha value is -2.08. The summed E-state index contributed by atoms with van der Waals surface area (Å²) in [6.45, 7) is 9.31. The monoisotopic (exact) mass is 364 g/mol. The molecule has 0 aliphatic carbocycles. The largest absolute Gasteiger partial charge is 0.376 e. The fourth-order valence-corrected chi connectivity index (χ4v) is 2.46. The maximum atomic E-state index is 12.1. The van der Waals surface area contributed by atoms with Crippen molar-refractivity contribution in [1.82, 2.24) is 15.5 Å². The lowest BCUT2D eigenvalue weighted by molar-refractivity contribution is 0.0949. The third kappa shape index (κ3) is 6.05. The van der Waals surface area contributed by atoms with E-state index in [4.69, 9.17) is 16.1 Å². The Labute approximate surface area is 153 Å². The quantitative estimate of drug-likeness (QED) is 0.742. The molecule has 0 atom stereocenters. The molecule has 136 valence electrons. The van der Waals surface area contributed by atoms with E-state index >= 15 is 0 Å². The Bertz CT molecular complexity index is 713. The number of carbonyl (C=O) groups excluding carboxylic acids is 1. The van der Waals surface area contributed by atoms with Crippen molar-refractivity contribution in [2.24, 2.45) is 11.8 Å². The summed E-state index contributed by atoms with van der Waals surface area (Å²) >= 11 is 6.23. The van der Waals surface area contributed by atoms with Crippen LogP contribution in [0, 0.1) is 11.8 Å². The molecule has 0 fully saturated rings. The lowest BCUT2D eigenvalue weighted by Crippen LogP contribution is -2.27. The van der Waals surface area contributed by atoms with Gasteiger partial charge in [-0.3, -0.25) is 4.79 Å². The third-order valence-electron chi connectivity index (χ3n) is 3.43. The van der Waals surface area contributed by atoms with Crippen LogP contribution in [-0.2, 0) is 13.0 Å². The standard InChI is InChI=1S/C18H25ClN4O2/c1-11(2)7-16-22-17(25-23-16)10-20-13-5-6-14(15(19)8-13)18(24)21-9-12(3)4/h5-6,8,11-12,20H,7,9-10H2,1-4H3,(H,21,24). The van der Waals surface area contributed by atoms with Gasteiger partial charge in [0.05, 0.1) is 17.1 Å². The van der Waals surface area contributed by atoms with Gasteiger partial charge in [0.1, 0.15) is 0 Å². The van der Waals surface area contributed by atoms with Crippen molar-refractivity contribution in [2.75, 3.05) is 11.9 Å². The van der Waals surface area contributed by atoms with Crippen LogP contribution in [0.3, 0.4) is 0 Å². The number of rotatable bonds is 8. The molecule has 2 aromatic rings. The van der Waals surface area contributed by atoms with Crippen LogP contribution in [0.25, 0.3) is 0 Å². The number of hydrogen-bond acceptors (Lipinski definition) is 5. The summed E-state index contributed by atoms with van der Waals surface area (Å²) < 4.78 is 5.21. The van der Waals surface area contributed by atoms with E-state index in [-0.39, 0.29) is 5.91 Å². The zero-order valence-electron chi connectivity index (χ0n) is 15.1. The van der Waals surface area contributed by atoms with Crippen LogP contribution in [0.1, 0.15) is 49.8 Å². The molecule has 0 unspecified atom stereocenters. The smallest absolute Gasteiger partial charge is 0.252 e. The van der Waals surface area contributed by atoms with E-state index < -0.39 is 0 Å². The normalized spacial score (nSPS) is 11.2. The van der Waals surface area contributed by atoms with Gasteiger partial charge in [0.2, 0.25) is 5.89 Å². The molecule has 0 aliphatic rings. The molecule has 25 heavy (non-hydrogen) atoms. The maximum absolute atomic E-state index is 12.1. The molecule has 1 heterocycles. The van der Waals surface area contributed by atoms with Crippen molar-refractivity contribution in [3.05, 3.63) is 40.5 Å². The number of halogens is 1. The van der Waals surface area contributed by atoms with Crippen molar-refractivity contribution >= 4 is 23.2 Å². The molecule has 1 aromatic carbocycles. The molecule has 2 rings (SSSR count). The molecule has 0 aliphatic heterocycles. The molecule has 2 N–H and O–H groups in total. The van der Waals surface area contributed by atoms with Crippen LogP contribution in [0.15, 0.2) is 22.7 Å². The summed E-state index contributed by atoms with van der Waals surface area (Å²) in [4.78, 5) is 16.4. The van der Waals surface area contributed by atoms with Gasteiger partial charge in [0.15, 0.2) is 5.82 Å². The maximum Gasteiger partial charge on any atom is 0.252 e. The Kier molecular flexibility index (Phi) is 6.82. The van der Waals surface area contributed by atoms with Gasteiger partial charge in [-0.1, -0.05) is 44.5 Å². The summed E-state index contributed by atoms with van der Waals surface area (Å²) in [5.41, 5.74) is 1.25. The third-order valence-corrected chi connectivity index (χ3v) is 3.74. The first-order valence-electron chi connectivity index (χ1n) is 8.48. The Morgan fingerprint density at radius 1 is 1.24 bits per heavy atom. The summed E-state index contributed by atoms with van der Waals surface area (Å²) in [6, 6.07) is 5.23. The van der Waals surface area contributed by atoms with Gasteiger partial charge in [-0.25, -0.2) is 0 Å². The molecule has 1 aromatic heterocycles. The van der Waals surface area contributed by atoms with Gasteiger partial charge in [-0.2, -0.15) is 4.98 Å². The number of anilines is 1. The van der Waals surface area contributed by atoms with Gasteiger partial charge < -0.3 is 15.2 Å². The minimum absolute atomic E-state index is 0.166. The number of nitrogens with one attached hydrogen (secondary N) is 2. The summed E-state index contributed by atoms with van der Waals surface area (Å²) in [7, 11) is 0. The molecule has 7 heteroatoms. The Morgan fingerprint density at radius 2 is 2.00 bits per heavy atom. The number of carbonyl (C=O) groups is 1. The van der Waals surface area contributed by atoms with Crippen LogP contribution < -0.4 is 10.6 Å². The fraction of sp³-hybridized carbons (Fsp3) is 0.500. The fourth-order valence-electron chi connectivity index (χ4n) is 2.19. The summed E-state index contributed by atoms with van der Waals surface area (Å²) in [6.07, 6.45) is 0.787. The van der Waals surface area contributed by atoms with Crippen LogP contribution in [-0.4, -0.2) is 22.6 Å². The molecular weight excluding hydrogens is 340 g/mol. The molecule has 0 radical (unpaired) electrons. The molecule has 6 nitrogen and oxygen atoms in total. The minimum Gasteiger partial charge on any atom is -0.376 e. The van der Waals surface area contributed by atoms with E-state index in [0.717, 1.165) is 12.1 Å². The predicted molar refractivity (Wildman–Crippen MR) is 98.8 cm³/mol. The highest BCUT2D eigenvalue weighted by Gasteiger charge is 2.12. The van der Waals surface area contributed by atoms with Crippen LogP contribution >= 0.6 is 11.6 Å². The van der Waals surface area contributed by atoms with Crippen LogP contribution in [0.5, 0.6) is 0 Å². The SMILES string of the molecule is CC(C)CNC(=O)c1ccc(NCc2nc(CC(C)C)no2)cc1Cl. The molecule has 0 bridgehead atoms. The van der Waals surface area contributed by atoms with Crippen molar-refractivity contribution in [1.29, 1.82) is 0 Å². The van der Waals surface area contributed by atoms with Crippen molar-refractivity contribution in [3.8, 4) is 0 Å². The van der Waals surface area contributed by atoms with Crippen molar-refractivity contribution < 1.29 is 9.32 Å². The van der Waals surface area contributed by atoms with E-state index in [2.05, 4.69) is 34.6 Å². The number of benzene rings is 1. The van der Waals surface area contributed by atoms with Crippen molar-refractivity contribution in [3.63, 3.8) is 0 Å². The van der Waals surface area contributed by atoms with Crippen LogP contribution in [0.4, 0.5) is 5.69 Å². The van der Waals surface area contributed by atoms with Gasteiger partial charge in [0, 0.05) is 18.7 Å². The molecule has 0 saturated heterocycles. The highest BCUT2D eigenvalue weighted by atomic mass is 35.5. The highest BCUT2D eigenvalue weighted by molar-refractivity contribution is 6.34. The number of amides is 1. The highest BCUT2D eigenvalue weighted by Crippen LogP contribution is 2.21. The second-order valence-corrected chi connectivity index (χ2v) is 7.26. The van der Waals surface area contributed by atoms with Crippen LogP contribution in [0.2, 0.25) is 5.02 Å². The molecular formula is C18H25ClN4O2. The first kappa shape index (κ1) is 19.2. The summed E-state index contributed by atoms with van der Waals surface area (Å²) in [5.74, 6) is 1.93. The predicted octanol–water partition coefficient (Wildman–Crippen LogP) is 3.92. The van der Waals surface area contributed by atoms with E-state index in [1.165, 1.54) is 0 Å². The minimum atomic E-state index is -0.166. The second kappa shape index (κ2) is 8.85. The van der Waals surface area contributed by atoms with E-state index in [9.17, 15) is 4.79 Å². The number of aromatic nitrogens is 2. The second-order valence-electron chi connectivity index (χ2n) is 6.85. The summed E-state index contributed by atoms with van der Waals surface area (Å²) in [5, 5.41) is 10.4. The Balaban J connectivity index is 1.94. The van der Waals surface area contributed by atoms with E-state index in [1.54, 1.807) is 12.1 Å². The Morgan fingerprint density at radius 3 is 2.64 bits per heavy atom. The molecule has 0 saturated carbocycles.